The Kier molecular flexibility index (Phi) is 3.79. The molecule has 5 heteroatoms. The summed E-state index contributed by atoms with van der Waals surface area (Å²) in [6, 6.07) is 13.6. The highest BCUT2D eigenvalue weighted by Gasteiger charge is 2.04. The Morgan fingerprint density at radius 3 is 2.90 bits per heavy atom. The third-order valence-electron chi connectivity index (χ3n) is 3.08. The van der Waals surface area contributed by atoms with Gasteiger partial charge in [-0.3, -0.25) is 5.43 Å². The minimum atomic E-state index is 0.434. The molecule has 0 saturated heterocycles. The number of hydrogen-bond acceptors (Lipinski definition) is 4. The van der Waals surface area contributed by atoms with Gasteiger partial charge in [-0.25, -0.2) is 9.97 Å². The van der Waals surface area contributed by atoms with Crippen molar-refractivity contribution in [2.24, 2.45) is 5.10 Å². The van der Waals surface area contributed by atoms with Gasteiger partial charge < -0.3 is 0 Å². The van der Waals surface area contributed by atoms with E-state index in [9.17, 15) is 0 Å². The highest BCUT2D eigenvalue weighted by Crippen LogP contribution is 2.21. The third-order valence-corrected chi connectivity index (χ3v) is 3.38. The lowest BCUT2D eigenvalue weighted by molar-refractivity contribution is 1.23. The van der Waals surface area contributed by atoms with E-state index >= 15 is 0 Å². The summed E-state index contributed by atoms with van der Waals surface area (Å²) in [4.78, 5) is 8.55. The van der Waals surface area contributed by atoms with Crippen molar-refractivity contribution in [3.63, 3.8) is 0 Å². The van der Waals surface area contributed by atoms with Crippen LogP contribution in [0.4, 0.5) is 5.82 Å². The van der Waals surface area contributed by atoms with Crippen molar-refractivity contribution < 1.29 is 0 Å². The van der Waals surface area contributed by atoms with E-state index < -0.39 is 0 Å². The van der Waals surface area contributed by atoms with Crippen molar-refractivity contribution in [2.75, 3.05) is 5.43 Å². The molecule has 2 aromatic heterocycles. The second-order valence-corrected chi connectivity index (χ2v) is 4.96. The molecule has 0 aliphatic carbocycles. The lowest BCUT2D eigenvalue weighted by Crippen LogP contribution is -1.95. The molecule has 0 unspecified atom stereocenters. The van der Waals surface area contributed by atoms with Crippen molar-refractivity contribution in [1.82, 2.24) is 9.97 Å². The summed E-state index contributed by atoms with van der Waals surface area (Å²) in [5.41, 5.74) is 5.63. The Bertz CT molecular complexity index is 800. The standard InChI is InChI=1S/C16H13ClN4/c1-11-5-4-6-12-9-13(16(17)20-15(11)12)10-19-21-14-7-2-3-8-18-14/h2-10H,1H3,(H,18,21)/b19-10-. The Balaban J connectivity index is 1.89. The fourth-order valence-electron chi connectivity index (χ4n) is 2.03. The molecule has 21 heavy (non-hydrogen) atoms. The fourth-order valence-corrected chi connectivity index (χ4v) is 2.22. The summed E-state index contributed by atoms with van der Waals surface area (Å²) in [6.45, 7) is 2.02. The van der Waals surface area contributed by atoms with Crippen LogP contribution in [-0.4, -0.2) is 16.2 Å². The molecule has 3 rings (SSSR count). The summed E-state index contributed by atoms with van der Waals surface area (Å²) in [6.07, 6.45) is 3.34. The summed E-state index contributed by atoms with van der Waals surface area (Å²) in [5.74, 6) is 0.675. The SMILES string of the molecule is Cc1cccc2cc(/C=N\Nc3ccccn3)c(Cl)nc12. The molecule has 1 N–H and O–H groups in total. The fraction of sp³-hybridized carbons (Fsp3) is 0.0625. The number of benzene rings is 1. The summed E-state index contributed by atoms with van der Waals surface area (Å²) in [5, 5.41) is 5.61. The van der Waals surface area contributed by atoms with Gasteiger partial charge in [0, 0.05) is 17.1 Å². The van der Waals surface area contributed by atoms with Crippen molar-refractivity contribution in [3.05, 3.63) is 64.9 Å². The van der Waals surface area contributed by atoms with E-state index in [0.29, 0.717) is 11.0 Å². The number of rotatable bonds is 3. The maximum absolute atomic E-state index is 6.21. The lowest BCUT2D eigenvalue weighted by atomic mass is 10.1. The number of fused-ring (bicyclic) bond motifs is 1. The third kappa shape index (κ3) is 3.01. The molecule has 0 radical (unpaired) electrons. The molecule has 0 aliphatic heterocycles. The molecular formula is C16H13ClN4. The molecule has 0 saturated carbocycles. The van der Waals surface area contributed by atoms with Gasteiger partial charge >= 0.3 is 0 Å². The zero-order valence-corrected chi connectivity index (χ0v) is 12.2. The number of aryl methyl sites for hydroxylation is 1. The van der Waals surface area contributed by atoms with Crippen LogP contribution in [-0.2, 0) is 0 Å². The predicted molar refractivity (Wildman–Crippen MR) is 86.9 cm³/mol. The van der Waals surface area contributed by atoms with Crippen molar-refractivity contribution in [3.8, 4) is 0 Å². The number of hydrogen-bond donors (Lipinski definition) is 1. The number of anilines is 1. The van der Waals surface area contributed by atoms with Gasteiger partial charge in [0.05, 0.1) is 11.7 Å². The van der Waals surface area contributed by atoms with E-state index in [2.05, 4.69) is 20.5 Å². The summed E-state index contributed by atoms with van der Waals surface area (Å²) >= 11 is 6.21. The monoisotopic (exact) mass is 296 g/mol. The number of hydrazone groups is 1. The molecule has 4 nitrogen and oxygen atoms in total. The maximum Gasteiger partial charge on any atom is 0.146 e. The Morgan fingerprint density at radius 1 is 1.19 bits per heavy atom. The normalized spacial score (nSPS) is 11.1. The van der Waals surface area contributed by atoms with E-state index in [-0.39, 0.29) is 0 Å². The van der Waals surface area contributed by atoms with Gasteiger partial charge in [0.2, 0.25) is 0 Å². The molecule has 0 atom stereocenters. The van der Waals surface area contributed by atoms with Crippen LogP contribution in [0.15, 0.2) is 53.8 Å². The van der Waals surface area contributed by atoms with Crippen LogP contribution in [0, 0.1) is 6.92 Å². The van der Waals surface area contributed by atoms with Crippen LogP contribution in [0.3, 0.4) is 0 Å². The van der Waals surface area contributed by atoms with E-state index in [1.165, 1.54) is 0 Å². The van der Waals surface area contributed by atoms with E-state index in [0.717, 1.165) is 22.0 Å². The van der Waals surface area contributed by atoms with Crippen LogP contribution in [0.1, 0.15) is 11.1 Å². The van der Waals surface area contributed by atoms with Crippen molar-refractivity contribution >= 4 is 34.5 Å². The molecule has 1 aromatic carbocycles. The van der Waals surface area contributed by atoms with Crippen LogP contribution >= 0.6 is 11.6 Å². The number of pyridine rings is 2. The van der Waals surface area contributed by atoms with E-state index in [1.54, 1.807) is 12.4 Å². The van der Waals surface area contributed by atoms with Crippen molar-refractivity contribution in [1.29, 1.82) is 0 Å². The number of nitrogens with one attached hydrogen (secondary N) is 1. The van der Waals surface area contributed by atoms with Gasteiger partial charge in [0.1, 0.15) is 11.0 Å². The lowest BCUT2D eigenvalue weighted by Gasteiger charge is -2.04. The minimum Gasteiger partial charge on any atom is -0.261 e. The first-order valence-electron chi connectivity index (χ1n) is 6.50. The highest BCUT2D eigenvalue weighted by atomic mass is 35.5. The largest absolute Gasteiger partial charge is 0.261 e. The molecule has 0 amide bonds. The summed E-state index contributed by atoms with van der Waals surface area (Å²) < 4.78 is 0. The number of nitrogens with zero attached hydrogens (tertiary/aromatic N) is 3. The maximum atomic E-state index is 6.21. The first-order chi connectivity index (χ1) is 10.2. The zero-order valence-electron chi connectivity index (χ0n) is 11.4. The van der Waals surface area contributed by atoms with E-state index in [1.807, 2.05) is 49.4 Å². The number of halogens is 1. The average Bonchev–Trinajstić information content (AvgIpc) is 2.50. The van der Waals surface area contributed by atoms with Gasteiger partial charge in [-0.05, 0) is 30.7 Å². The topological polar surface area (TPSA) is 50.2 Å². The molecule has 104 valence electrons. The second kappa shape index (κ2) is 5.89. The molecule has 0 bridgehead atoms. The molecule has 0 spiro atoms. The molecule has 3 aromatic rings. The van der Waals surface area contributed by atoms with Gasteiger partial charge in [-0.15, -0.1) is 0 Å². The van der Waals surface area contributed by atoms with Gasteiger partial charge in [-0.1, -0.05) is 35.9 Å². The van der Waals surface area contributed by atoms with Crippen LogP contribution in [0.2, 0.25) is 5.15 Å². The summed E-state index contributed by atoms with van der Waals surface area (Å²) in [7, 11) is 0. The van der Waals surface area contributed by atoms with Crippen LogP contribution in [0.5, 0.6) is 0 Å². The zero-order chi connectivity index (χ0) is 14.7. The smallest absolute Gasteiger partial charge is 0.146 e. The molecule has 0 aliphatic rings. The average molecular weight is 297 g/mol. The van der Waals surface area contributed by atoms with E-state index in [4.69, 9.17) is 11.6 Å². The number of para-hydroxylation sites is 1. The highest BCUT2D eigenvalue weighted by molar-refractivity contribution is 6.32. The Labute approximate surface area is 127 Å². The molecule has 0 fully saturated rings. The van der Waals surface area contributed by atoms with Gasteiger partial charge in [-0.2, -0.15) is 5.10 Å². The Hall–Kier alpha value is -2.46. The first kappa shape index (κ1) is 13.5. The van der Waals surface area contributed by atoms with Crippen LogP contribution in [0.25, 0.3) is 10.9 Å². The first-order valence-corrected chi connectivity index (χ1v) is 6.88. The minimum absolute atomic E-state index is 0.434. The Morgan fingerprint density at radius 2 is 2.10 bits per heavy atom. The molecular weight excluding hydrogens is 284 g/mol. The van der Waals surface area contributed by atoms with Crippen molar-refractivity contribution in [2.45, 2.75) is 6.92 Å². The molecule has 2 heterocycles. The quantitative estimate of drug-likeness (QED) is 0.451. The number of aromatic nitrogens is 2. The van der Waals surface area contributed by atoms with Gasteiger partial charge in [0.25, 0.3) is 0 Å². The van der Waals surface area contributed by atoms with Crippen LogP contribution < -0.4 is 5.43 Å². The van der Waals surface area contributed by atoms with Gasteiger partial charge in [0.15, 0.2) is 0 Å². The predicted octanol–water partition coefficient (Wildman–Crippen LogP) is 4.04. The second-order valence-electron chi connectivity index (χ2n) is 4.60.